The SMILES string of the molecule is CCn1c(Nc2cc(C(F)(F)F)c(Br)c(C(F)(F)F)c2Br)nc(C(F)(F)F)cc1=O. The maximum atomic E-state index is 13.4. The van der Waals surface area contributed by atoms with Crippen LogP contribution < -0.4 is 10.9 Å². The average molecular weight is 577 g/mol. The summed E-state index contributed by atoms with van der Waals surface area (Å²) in [5.41, 5.74) is -7.26. The third kappa shape index (κ3) is 4.92. The Balaban J connectivity index is 2.81. The van der Waals surface area contributed by atoms with Gasteiger partial charge in [0, 0.05) is 17.1 Å². The molecule has 166 valence electrons. The lowest BCUT2D eigenvalue weighted by Crippen LogP contribution is -2.26. The molecule has 1 aromatic carbocycles. The molecule has 0 aliphatic heterocycles. The summed E-state index contributed by atoms with van der Waals surface area (Å²) in [5, 5.41) is 1.98. The van der Waals surface area contributed by atoms with E-state index in [0.29, 0.717) is 4.57 Å². The topological polar surface area (TPSA) is 46.9 Å². The van der Waals surface area contributed by atoms with Crippen molar-refractivity contribution in [3.05, 3.63) is 48.3 Å². The third-order valence-electron chi connectivity index (χ3n) is 3.65. The molecule has 0 aliphatic rings. The van der Waals surface area contributed by atoms with Crippen LogP contribution in [0.5, 0.6) is 0 Å². The zero-order valence-corrected chi connectivity index (χ0v) is 17.5. The van der Waals surface area contributed by atoms with Gasteiger partial charge in [-0.25, -0.2) is 4.98 Å². The fourth-order valence-corrected chi connectivity index (χ4v) is 4.02. The van der Waals surface area contributed by atoms with Crippen LogP contribution in [0.1, 0.15) is 23.7 Å². The zero-order valence-electron chi connectivity index (χ0n) is 14.3. The van der Waals surface area contributed by atoms with Crippen molar-refractivity contribution in [3.63, 3.8) is 0 Å². The summed E-state index contributed by atoms with van der Waals surface area (Å²) < 4.78 is 117. The molecular weight excluding hydrogens is 569 g/mol. The van der Waals surface area contributed by atoms with Gasteiger partial charge in [-0.05, 0) is 44.8 Å². The normalized spacial score (nSPS) is 12.9. The molecule has 1 N–H and O–H groups in total. The highest BCUT2D eigenvalue weighted by atomic mass is 79.9. The lowest BCUT2D eigenvalue weighted by Gasteiger charge is -2.21. The Labute approximate surface area is 178 Å². The standard InChI is InChI=1S/C15H8Br2F9N3O/c1-2-29-8(30)4-7(14(21,22)23)28-12(29)27-6-3-5(13(18,19)20)10(16)9(11(6)17)15(24,25)26/h3-4H,2H2,1H3,(H,27,28). The molecule has 0 bridgehead atoms. The summed E-state index contributed by atoms with van der Waals surface area (Å²) in [6.07, 6.45) is -15.6. The summed E-state index contributed by atoms with van der Waals surface area (Å²) in [7, 11) is 0. The first-order chi connectivity index (χ1) is 13.5. The van der Waals surface area contributed by atoms with Gasteiger partial charge in [0.15, 0.2) is 5.69 Å². The van der Waals surface area contributed by atoms with Gasteiger partial charge in [-0.3, -0.25) is 9.36 Å². The molecule has 0 aliphatic carbocycles. The molecule has 30 heavy (non-hydrogen) atoms. The molecule has 0 fully saturated rings. The van der Waals surface area contributed by atoms with E-state index in [-0.39, 0.29) is 18.7 Å². The number of nitrogens with zero attached hydrogens (tertiary/aromatic N) is 2. The summed E-state index contributed by atoms with van der Waals surface area (Å²) >= 11 is 4.82. The minimum atomic E-state index is -5.26. The van der Waals surface area contributed by atoms with Crippen LogP contribution >= 0.6 is 31.9 Å². The molecule has 0 saturated heterocycles. The van der Waals surface area contributed by atoms with Gasteiger partial charge >= 0.3 is 18.5 Å². The fraction of sp³-hybridized carbons (Fsp3) is 0.333. The highest BCUT2D eigenvalue weighted by Crippen LogP contribution is 2.49. The van der Waals surface area contributed by atoms with E-state index in [1.165, 1.54) is 6.92 Å². The number of hydrogen-bond acceptors (Lipinski definition) is 3. The van der Waals surface area contributed by atoms with Gasteiger partial charge in [-0.1, -0.05) is 0 Å². The number of benzene rings is 1. The van der Waals surface area contributed by atoms with Crippen molar-refractivity contribution in [2.24, 2.45) is 0 Å². The van der Waals surface area contributed by atoms with Crippen molar-refractivity contribution < 1.29 is 39.5 Å². The highest BCUT2D eigenvalue weighted by Gasteiger charge is 2.43. The quantitative estimate of drug-likeness (QED) is 0.420. The Kier molecular flexibility index (Phi) is 6.58. The molecular formula is C15H8Br2F9N3O. The molecule has 15 heteroatoms. The first kappa shape index (κ1) is 24.5. The number of hydrogen-bond donors (Lipinski definition) is 1. The van der Waals surface area contributed by atoms with Crippen molar-refractivity contribution in [2.75, 3.05) is 5.32 Å². The first-order valence-electron chi connectivity index (χ1n) is 7.61. The molecule has 0 amide bonds. The number of halogens is 11. The first-order valence-corrected chi connectivity index (χ1v) is 9.19. The van der Waals surface area contributed by atoms with Gasteiger partial charge in [0.1, 0.15) is 0 Å². The van der Waals surface area contributed by atoms with E-state index < -0.39 is 61.5 Å². The third-order valence-corrected chi connectivity index (χ3v) is 5.30. The van der Waals surface area contributed by atoms with Crippen LogP contribution in [0.15, 0.2) is 25.9 Å². The van der Waals surface area contributed by atoms with Crippen LogP contribution in [0.4, 0.5) is 51.1 Å². The number of anilines is 2. The zero-order chi connectivity index (χ0) is 23.2. The van der Waals surface area contributed by atoms with Crippen LogP contribution in [0.2, 0.25) is 0 Å². The maximum Gasteiger partial charge on any atom is 0.433 e. The molecule has 1 aromatic heterocycles. The number of aromatic nitrogens is 2. The molecule has 0 unspecified atom stereocenters. The molecule has 4 nitrogen and oxygen atoms in total. The van der Waals surface area contributed by atoms with E-state index in [0.717, 1.165) is 0 Å². The minimum Gasteiger partial charge on any atom is -0.324 e. The Morgan fingerprint density at radius 1 is 0.933 bits per heavy atom. The lowest BCUT2D eigenvalue weighted by atomic mass is 10.1. The summed E-state index contributed by atoms with van der Waals surface area (Å²) in [6.45, 7) is 1.05. The maximum absolute atomic E-state index is 13.4. The molecule has 0 spiro atoms. The van der Waals surface area contributed by atoms with E-state index in [9.17, 15) is 44.3 Å². The molecule has 2 aromatic rings. The van der Waals surface area contributed by atoms with Crippen molar-refractivity contribution in [1.82, 2.24) is 9.55 Å². The summed E-state index contributed by atoms with van der Waals surface area (Å²) in [5.74, 6) is -0.887. The number of rotatable bonds is 3. The van der Waals surface area contributed by atoms with Gasteiger partial charge in [0.25, 0.3) is 5.56 Å². The van der Waals surface area contributed by atoms with Crippen molar-refractivity contribution in [3.8, 4) is 0 Å². The predicted molar refractivity (Wildman–Crippen MR) is 94.3 cm³/mol. The van der Waals surface area contributed by atoms with Crippen molar-refractivity contribution in [2.45, 2.75) is 32.0 Å². The smallest absolute Gasteiger partial charge is 0.324 e. The van der Waals surface area contributed by atoms with Crippen molar-refractivity contribution >= 4 is 43.5 Å². The summed E-state index contributed by atoms with van der Waals surface area (Å²) in [4.78, 5) is 15.1. The number of alkyl halides is 9. The summed E-state index contributed by atoms with van der Waals surface area (Å²) in [6, 6.07) is 0.406. The Morgan fingerprint density at radius 3 is 1.93 bits per heavy atom. The van der Waals surface area contributed by atoms with Crippen molar-refractivity contribution in [1.29, 1.82) is 0 Å². The molecule has 2 rings (SSSR count). The Hall–Kier alpha value is -1.77. The molecule has 0 atom stereocenters. The Morgan fingerprint density at radius 2 is 1.50 bits per heavy atom. The molecule has 0 radical (unpaired) electrons. The minimum absolute atomic E-state index is 0.160. The van der Waals surface area contributed by atoms with Crippen LogP contribution in [-0.2, 0) is 25.1 Å². The van der Waals surface area contributed by atoms with Crippen LogP contribution in [0.25, 0.3) is 0 Å². The van der Waals surface area contributed by atoms with E-state index >= 15 is 0 Å². The predicted octanol–water partition coefficient (Wildman–Crippen LogP) is 6.59. The fourth-order valence-electron chi connectivity index (χ4n) is 2.36. The van der Waals surface area contributed by atoms with Crippen LogP contribution in [-0.4, -0.2) is 9.55 Å². The van der Waals surface area contributed by atoms with E-state index in [2.05, 4.69) is 36.8 Å². The van der Waals surface area contributed by atoms with E-state index in [4.69, 9.17) is 0 Å². The highest BCUT2D eigenvalue weighted by molar-refractivity contribution is 9.11. The van der Waals surface area contributed by atoms with Gasteiger partial charge < -0.3 is 5.32 Å². The van der Waals surface area contributed by atoms with Gasteiger partial charge in [0.2, 0.25) is 5.95 Å². The van der Waals surface area contributed by atoms with Gasteiger partial charge in [-0.2, -0.15) is 39.5 Å². The van der Waals surface area contributed by atoms with Gasteiger partial charge in [0.05, 0.1) is 21.3 Å². The number of nitrogens with one attached hydrogen (secondary N) is 1. The second kappa shape index (κ2) is 8.05. The molecule has 0 saturated carbocycles. The lowest BCUT2D eigenvalue weighted by molar-refractivity contribution is -0.144. The average Bonchev–Trinajstić information content (AvgIpc) is 2.53. The van der Waals surface area contributed by atoms with E-state index in [1.807, 2.05) is 5.32 Å². The van der Waals surface area contributed by atoms with E-state index in [1.54, 1.807) is 0 Å². The van der Waals surface area contributed by atoms with Gasteiger partial charge in [-0.15, -0.1) is 0 Å². The monoisotopic (exact) mass is 575 g/mol. The second-order valence-corrected chi connectivity index (χ2v) is 7.23. The molecule has 1 heterocycles. The second-order valence-electron chi connectivity index (χ2n) is 5.64. The Bertz CT molecular complexity index is 1030. The van der Waals surface area contributed by atoms with Crippen LogP contribution in [0, 0.1) is 0 Å². The van der Waals surface area contributed by atoms with Crippen LogP contribution in [0.3, 0.4) is 0 Å². The largest absolute Gasteiger partial charge is 0.433 e.